The number of benzene rings is 1. The van der Waals surface area contributed by atoms with Crippen LogP contribution in [0.25, 0.3) is 0 Å². The predicted octanol–water partition coefficient (Wildman–Crippen LogP) is 1.22. The van der Waals surface area contributed by atoms with Crippen LogP contribution in [0.3, 0.4) is 0 Å². The van der Waals surface area contributed by atoms with E-state index in [0.29, 0.717) is 6.54 Å². The SMILES string of the molecule is CC(=O)NCCCNC(C)C(O)c1ccccc1. The standard InChI is InChI=1S/C14H22N2O2/c1-11(15-9-6-10-16-12(2)17)14(18)13-7-4-3-5-8-13/h3-5,7-8,11,14-15,18H,6,9-10H2,1-2H3,(H,16,17). The molecule has 2 unspecified atom stereocenters. The van der Waals surface area contributed by atoms with Crippen LogP contribution in [0, 0.1) is 0 Å². The van der Waals surface area contributed by atoms with Gasteiger partial charge in [-0.05, 0) is 25.5 Å². The summed E-state index contributed by atoms with van der Waals surface area (Å²) in [5.41, 5.74) is 0.916. The predicted molar refractivity (Wildman–Crippen MR) is 72.2 cm³/mol. The van der Waals surface area contributed by atoms with Crippen LogP contribution >= 0.6 is 0 Å². The molecule has 0 fully saturated rings. The molecule has 0 heterocycles. The molecule has 0 radical (unpaired) electrons. The zero-order valence-electron chi connectivity index (χ0n) is 11.0. The maximum Gasteiger partial charge on any atom is 0.216 e. The summed E-state index contributed by atoms with van der Waals surface area (Å²) in [6, 6.07) is 9.59. The molecule has 0 aliphatic rings. The van der Waals surface area contributed by atoms with Gasteiger partial charge < -0.3 is 15.7 Å². The molecule has 0 aliphatic carbocycles. The average Bonchev–Trinajstić information content (AvgIpc) is 2.38. The van der Waals surface area contributed by atoms with Gasteiger partial charge in [-0.25, -0.2) is 0 Å². The van der Waals surface area contributed by atoms with Crippen molar-refractivity contribution < 1.29 is 9.90 Å². The van der Waals surface area contributed by atoms with Crippen molar-refractivity contribution in [2.75, 3.05) is 13.1 Å². The van der Waals surface area contributed by atoms with Gasteiger partial charge in [-0.15, -0.1) is 0 Å². The van der Waals surface area contributed by atoms with Crippen LogP contribution < -0.4 is 10.6 Å². The average molecular weight is 250 g/mol. The normalized spacial score (nSPS) is 13.9. The Labute approximate surface area is 108 Å². The smallest absolute Gasteiger partial charge is 0.216 e. The summed E-state index contributed by atoms with van der Waals surface area (Å²) in [4.78, 5) is 10.7. The molecule has 0 aromatic heterocycles. The fourth-order valence-corrected chi connectivity index (χ4v) is 1.73. The van der Waals surface area contributed by atoms with Gasteiger partial charge in [0.25, 0.3) is 0 Å². The van der Waals surface area contributed by atoms with Gasteiger partial charge in [0.1, 0.15) is 0 Å². The highest BCUT2D eigenvalue weighted by molar-refractivity contribution is 5.72. The second-order valence-electron chi connectivity index (χ2n) is 4.43. The van der Waals surface area contributed by atoms with Crippen LogP contribution in [0.5, 0.6) is 0 Å². The number of carbonyl (C=O) groups is 1. The van der Waals surface area contributed by atoms with Crippen molar-refractivity contribution in [3.8, 4) is 0 Å². The summed E-state index contributed by atoms with van der Waals surface area (Å²) in [5.74, 6) is -0.00707. The molecule has 0 aliphatic heterocycles. The number of hydrogen-bond acceptors (Lipinski definition) is 3. The Morgan fingerprint density at radius 1 is 1.28 bits per heavy atom. The van der Waals surface area contributed by atoms with Crippen molar-refractivity contribution in [2.24, 2.45) is 0 Å². The van der Waals surface area contributed by atoms with Gasteiger partial charge in [0.05, 0.1) is 6.10 Å². The first kappa shape index (κ1) is 14.7. The van der Waals surface area contributed by atoms with Gasteiger partial charge >= 0.3 is 0 Å². The number of nitrogens with one attached hydrogen (secondary N) is 2. The minimum Gasteiger partial charge on any atom is -0.387 e. The van der Waals surface area contributed by atoms with Crippen molar-refractivity contribution in [1.82, 2.24) is 10.6 Å². The zero-order chi connectivity index (χ0) is 13.4. The first-order valence-corrected chi connectivity index (χ1v) is 6.32. The Kier molecular flexibility index (Phi) is 6.39. The number of rotatable bonds is 7. The number of aliphatic hydroxyl groups is 1. The highest BCUT2D eigenvalue weighted by Crippen LogP contribution is 2.15. The molecule has 0 bridgehead atoms. The van der Waals surface area contributed by atoms with E-state index in [4.69, 9.17) is 0 Å². The molecular formula is C14H22N2O2. The van der Waals surface area contributed by atoms with E-state index >= 15 is 0 Å². The maximum atomic E-state index is 10.7. The van der Waals surface area contributed by atoms with E-state index in [0.717, 1.165) is 18.5 Å². The van der Waals surface area contributed by atoms with Gasteiger partial charge in [-0.1, -0.05) is 30.3 Å². The van der Waals surface area contributed by atoms with Crippen LogP contribution in [0.2, 0.25) is 0 Å². The first-order valence-electron chi connectivity index (χ1n) is 6.32. The number of aliphatic hydroxyl groups excluding tert-OH is 1. The molecule has 0 saturated carbocycles. The zero-order valence-corrected chi connectivity index (χ0v) is 11.0. The van der Waals surface area contributed by atoms with E-state index in [1.807, 2.05) is 37.3 Å². The lowest BCUT2D eigenvalue weighted by Gasteiger charge is -2.20. The van der Waals surface area contributed by atoms with E-state index in [2.05, 4.69) is 10.6 Å². The quantitative estimate of drug-likeness (QED) is 0.638. The topological polar surface area (TPSA) is 61.4 Å². The van der Waals surface area contributed by atoms with Crippen molar-refractivity contribution in [3.05, 3.63) is 35.9 Å². The molecule has 100 valence electrons. The van der Waals surface area contributed by atoms with Crippen LogP contribution in [0.15, 0.2) is 30.3 Å². The first-order chi connectivity index (χ1) is 8.61. The Morgan fingerprint density at radius 3 is 2.56 bits per heavy atom. The Bertz CT molecular complexity index is 354. The summed E-state index contributed by atoms with van der Waals surface area (Å²) in [6.07, 6.45) is 0.345. The molecule has 1 rings (SSSR count). The van der Waals surface area contributed by atoms with Crippen LogP contribution in [-0.2, 0) is 4.79 Å². The van der Waals surface area contributed by atoms with E-state index < -0.39 is 6.10 Å². The summed E-state index contributed by atoms with van der Waals surface area (Å²) >= 11 is 0. The third kappa shape index (κ3) is 5.29. The fourth-order valence-electron chi connectivity index (χ4n) is 1.73. The third-order valence-corrected chi connectivity index (χ3v) is 2.81. The van der Waals surface area contributed by atoms with Gasteiger partial charge in [0.15, 0.2) is 0 Å². The van der Waals surface area contributed by atoms with Gasteiger partial charge in [-0.3, -0.25) is 4.79 Å². The maximum absolute atomic E-state index is 10.7. The van der Waals surface area contributed by atoms with Crippen LogP contribution in [0.1, 0.15) is 31.9 Å². The molecule has 3 N–H and O–H groups in total. The van der Waals surface area contributed by atoms with E-state index in [-0.39, 0.29) is 11.9 Å². The van der Waals surface area contributed by atoms with Gasteiger partial charge in [-0.2, -0.15) is 0 Å². The molecular weight excluding hydrogens is 228 g/mol. The molecule has 0 saturated heterocycles. The fraction of sp³-hybridized carbons (Fsp3) is 0.500. The summed E-state index contributed by atoms with van der Waals surface area (Å²) in [5, 5.41) is 16.1. The lowest BCUT2D eigenvalue weighted by Crippen LogP contribution is -2.34. The third-order valence-electron chi connectivity index (χ3n) is 2.81. The molecule has 18 heavy (non-hydrogen) atoms. The van der Waals surface area contributed by atoms with Crippen molar-refractivity contribution in [3.63, 3.8) is 0 Å². The summed E-state index contributed by atoms with van der Waals surface area (Å²) in [7, 11) is 0. The number of hydrogen-bond donors (Lipinski definition) is 3. The van der Waals surface area contributed by atoms with E-state index in [9.17, 15) is 9.90 Å². The molecule has 1 aromatic rings. The summed E-state index contributed by atoms with van der Waals surface area (Å²) in [6.45, 7) is 4.90. The van der Waals surface area contributed by atoms with Crippen molar-refractivity contribution >= 4 is 5.91 Å². The van der Waals surface area contributed by atoms with Gasteiger partial charge in [0, 0.05) is 19.5 Å². The van der Waals surface area contributed by atoms with E-state index in [1.165, 1.54) is 6.92 Å². The Balaban J connectivity index is 2.24. The number of carbonyl (C=O) groups excluding carboxylic acids is 1. The van der Waals surface area contributed by atoms with Crippen LogP contribution in [0.4, 0.5) is 0 Å². The molecule has 4 nitrogen and oxygen atoms in total. The van der Waals surface area contributed by atoms with Gasteiger partial charge in [0.2, 0.25) is 5.91 Å². The van der Waals surface area contributed by atoms with E-state index in [1.54, 1.807) is 0 Å². The minimum atomic E-state index is -0.507. The lowest BCUT2D eigenvalue weighted by molar-refractivity contribution is -0.118. The van der Waals surface area contributed by atoms with Crippen molar-refractivity contribution in [1.29, 1.82) is 0 Å². The largest absolute Gasteiger partial charge is 0.387 e. The highest BCUT2D eigenvalue weighted by atomic mass is 16.3. The lowest BCUT2D eigenvalue weighted by atomic mass is 10.0. The molecule has 2 atom stereocenters. The number of amides is 1. The summed E-state index contributed by atoms with van der Waals surface area (Å²) < 4.78 is 0. The Morgan fingerprint density at radius 2 is 1.94 bits per heavy atom. The molecule has 1 aromatic carbocycles. The molecule has 1 amide bonds. The second kappa shape index (κ2) is 7.84. The molecule has 0 spiro atoms. The minimum absolute atomic E-state index is 0.00707. The Hall–Kier alpha value is -1.39. The van der Waals surface area contributed by atoms with Crippen LogP contribution in [-0.4, -0.2) is 30.1 Å². The molecule has 4 heteroatoms. The monoisotopic (exact) mass is 250 g/mol. The highest BCUT2D eigenvalue weighted by Gasteiger charge is 2.14. The second-order valence-corrected chi connectivity index (χ2v) is 4.43. The van der Waals surface area contributed by atoms with Crippen molar-refractivity contribution in [2.45, 2.75) is 32.4 Å².